The molecule has 0 aliphatic rings. The third-order valence-corrected chi connectivity index (χ3v) is 0.739. The van der Waals surface area contributed by atoms with E-state index in [2.05, 4.69) is 9.52 Å². The Hall–Kier alpha value is -1.39. The third-order valence-electron chi connectivity index (χ3n) is 0.739. The molecule has 9 heavy (non-hydrogen) atoms. The van der Waals surface area contributed by atoms with Gasteiger partial charge in [-0.15, -0.1) is 5.10 Å². The Kier molecular flexibility index (Phi) is 1.18. The van der Waals surface area contributed by atoms with E-state index in [0.29, 0.717) is 0 Å². The summed E-state index contributed by atoms with van der Waals surface area (Å²) < 4.78 is 4.27. The molecule has 0 bridgehead atoms. The summed E-state index contributed by atoms with van der Waals surface area (Å²) in [6.45, 7) is 1.26. The molecule has 1 rings (SSSR count). The fourth-order valence-electron chi connectivity index (χ4n) is 0.380. The predicted molar refractivity (Wildman–Crippen MR) is 27.1 cm³/mol. The van der Waals surface area contributed by atoms with Crippen molar-refractivity contribution >= 4 is 5.78 Å². The van der Waals surface area contributed by atoms with Gasteiger partial charge in [0.05, 0.1) is 0 Å². The number of nitrogens with one attached hydrogen (secondary N) is 1. The molecule has 48 valence electrons. The Morgan fingerprint density at radius 1 is 1.78 bits per heavy atom. The van der Waals surface area contributed by atoms with Crippen molar-refractivity contribution in [2.24, 2.45) is 0 Å². The largest absolute Gasteiger partial charge is 0.434 e. The molecule has 0 amide bonds. The second kappa shape index (κ2) is 1.85. The number of aromatic amines is 1. The number of carbonyl (C=O) groups is 1. The predicted octanol–water partition coefficient (Wildman–Crippen LogP) is -0.435. The van der Waals surface area contributed by atoms with Gasteiger partial charge in [-0.2, -0.15) is 0 Å². The van der Waals surface area contributed by atoms with E-state index >= 15 is 0 Å². The first-order valence-electron chi connectivity index (χ1n) is 2.26. The topological polar surface area (TPSA) is 76.0 Å². The van der Waals surface area contributed by atoms with Gasteiger partial charge in [-0.25, -0.2) is 9.89 Å². The first kappa shape index (κ1) is 5.74. The number of H-pyrrole nitrogens is 1. The first-order chi connectivity index (χ1) is 4.20. The molecule has 5 heteroatoms. The number of hydrogen-bond donors (Lipinski definition) is 1. The fourth-order valence-corrected chi connectivity index (χ4v) is 0.380. The van der Waals surface area contributed by atoms with Crippen molar-refractivity contribution in [2.45, 2.75) is 6.92 Å². The first-order valence-corrected chi connectivity index (χ1v) is 2.26. The standard InChI is InChI=1S/C4H4N2O3/c1-2(7)3-5-6-4(8)9-3/h1H3,(H,6,8). The molecule has 0 spiro atoms. The van der Waals surface area contributed by atoms with E-state index in [1.54, 1.807) is 0 Å². The third kappa shape index (κ3) is 1.04. The van der Waals surface area contributed by atoms with Crippen molar-refractivity contribution in [1.29, 1.82) is 0 Å². The van der Waals surface area contributed by atoms with Crippen LogP contribution in [0.4, 0.5) is 0 Å². The monoisotopic (exact) mass is 128 g/mol. The van der Waals surface area contributed by atoms with Crippen molar-refractivity contribution in [3.05, 3.63) is 16.4 Å². The summed E-state index contributed by atoms with van der Waals surface area (Å²) in [4.78, 5) is 20.5. The molecular weight excluding hydrogens is 124 g/mol. The molecule has 0 saturated carbocycles. The van der Waals surface area contributed by atoms with Crippen LogP contribution in [0, 0.1) is 0 Å². The summed E-state index contributed by atoms with van der Waals surface area (Å²) >= 11 is 0. The van der Waals surface area contributed by atoms with Gasteiger partial charge in [0, 0.05) is 6.92 Å². The number of hydrogen-bond acceptors (Lipinski definition) is 4. The maximum atomic E-state index is 10.3. The fraction of sp³-hybridized carbons (Fsp3) is 0.250. The molecule has 1 aromatic heterocycles. The van der Waals surface area contributed by atoms with E-state index in [9.17, 15) is 9.59 Å². The summed E-state index contributed by atoms with van der Waals surface area (Å²) in [7, 11) is 0. The zero-order valence-electron chi connectivity index (χ0n) is 4.67. The quantitative estimate of drug-likeness (QED) is 0.520. The van der Waals surface area contributed by atoms with Crippen LogP contribution in [-0.4, -0.2) is 16.0 Å². The minimum Gasteiger partial charge on any atom is -0.384 e. The summed E-state index contributed by atoms with van der Waals surface area (Å²) in [6.07, 6.45) is 0. The molecule has 0 unspecified atom stereocenters. The van der Waals surface area contributed by atoms with Crippen molar-refractivity contribution in [3.8, 4) is 0 Å². The van der Waals surface area contributed by atoms with Crippen molar-refractivity contribution < 1.29 is 9.21 Å². The highest BCUT2D eigenvalue weighted by molar-refractivity contribution is 5.88. The summed E-state index contributed by atoms with van der Waals surface area (Å²) in [5, 5.41) is 5.22. The van der Waals surface area contributed by atoms with Gasteiger partial charge >= 0.3 is 5.76 Å². The van der Waals surface area contributed by atoms with E-state index < -0.39 is 5.76 Å². The minimum atomic E-state index is -0.708. The minimum absolute atomic E-state index is 0.181. The number of rotatable bonds is 1. The van der Waals surface area contributed by atoms with Gasteiger partial charge in [0.15, 0.2) is 0 Å². The number of nitrogens with zero attached hydrogens (tertiary/aromatic N) is 1. The van der Waals surface area contributed by atoms with Gasteiger partial charge in [0.2, 0.25) is 5.78 Å². The van der Waals surface area contributed by atoms with Crippen molar-refractivity contribution in [2.75, 3.05) is 0 Å². The Balaban J connectivity index is 3.12. The van der Waals surface area contributed by atoms with Crippen LogP contribution in [-0.2, 0) is 0 Å². The lowest BCUT2D eigenvalue weighted by atomic mass is 10.5. The lowest BCUT2D eigenvalue weighted by Gasteiger charge is -1.75. The van der Waals surface area contributed by atoms with Crippen molar-refractivity contribution in [3.63, 3.8) is 0 Å². The molecular formula is C4H4N2O3. The van der Waals surface area contributed by atoms with Crippen LogP contribution in [0.25, 0.3) is 0 Å². The molecule has 5 nitrogen and oxygen atoms in total. The Morgan fingerprint density at radius 2 is 2.44 bits per heavy atom. The van der Waals surface area contributed by atoms with Crippen LogP contribution in [0.15, 0.2) is 9.21 Å². The van der Waals surface area contributed by atoms with Gasteiger partial charge in [-0.3, -0.25) is 4.79 Å². The van der Waals surface area contributed by atoms with E-state index in [0.717, 1.165) is 0 Å². The van der Waals surface area contributed by atoms with E-state index in [4.69, 9.17) is 0 Å². The van der Waals surface area contributed by atoms with Crippen LogP contribution < -0.4 is 5.76 Å². The van der Waals surface area contributed by atoms with Crippen LogP contribution >= 0.6 is 0 Å². The molecule has 0 aliphatic heterocycles. The van der Waals surface area contributed by atoms with E-state index in [1.807, 2.05) is 5.10 Å². The smallest absolute Gasteiger partial charge is 0.384 e. The SMILES string of the molecule is CC(=O)c1n[nH]c(=O)o1. The molecule has 0 aliphatic carbocycles. The second-order valence-corrected chi connectivity index (χ2v) is 1.47. The zero-order chi connectivity index (χ0) is 6.85. The highest BCUT2D eigenvalue weighted by Crippen LogP contribution is 1.86. The van der Waals surface area contributed by atoms with Crippen molar-refractivity contribution in [1.82, 2.24) is 10.2 Å². The lowest BCUT2D eigenvalue weighted by molar-refractivity contribution is 0.0979. The molecule has 0 atom stereocenters. The van der Waals surface area contributed by atoms with Gasteiger partial charge in [-0.1, -0.05) is 0 Å². The lowest BCUT2D eigenvalue weighted by Crippen LogP contribution is -1.94. The average molecular weight is 128 g/mol. The van der Waals surface area contributed by atoms with Gasteiger partial charge in [0.25, 0.3) is 5.89 Å². The normalized spacial score (nSPS) is 9.44. The van der Waals surface area contributed by atoms with Crippen LogP contribution in [0.3, 0.4) is 0 Å². The summed E-state index contributed by atoms with van der Waals surface area (Å²) in [5.41, 5.74) is 0. The summed E-state index contributed by atoms with van der Waals surface area (Å²) in [6, 6.07) is 0. The number of Topliss-reactive ketones (excluding diaryl/α,β-unsaturated/α-hetero) is 1. The van der Waals surface area contributed by atoms with Gasteiger partial charge < -0.3 is 4.42 Å². The van der Waals surface area contributed by atoms with Gasteiger partial charge in [0.1, 0.15) is 0 Å². The highest BCUT2D eigenvalue weighted by atomic mass is 16.4. The van der Waals surface area contributed by atoms with Crippen LogP contribution in [0.2, 0.25) is 0 Å². The summed E-state index contributed by atoms with van der Waals surface area (Å²) in [5.74, 6) is -1.26. The molecule has 0 aromatic carbocycles. The van der Waals surface area contributed by atoms with Crippen LogP contribution in [0.5, 0.6) is 0 Å². The Labute approximate surface area is 49.7 Å². The molecule has 0 fully saturated rings. The number of ketones is 1. The zero-order valence-corrected chi connectivity index (χ0v) is 4.67. The van der Waals surface area contributed by atoms with Crippen LogP contribution in [0.1, 0.15) is 17.6 Å². The Bertz CT molecular complexity index is 271. The average Bonchev–Trinajstić information content (AvgIpc) is 2.14. The molecule has 1 heterocycles. The van der Waals surface area contributed by atoms with E-state index in [1.165, 1.54) is 6.92 Å². The molecule has 0 saturated heterocycles. The highest BCUT2D eigenvalue weighted by Gasteiger charge is 2.04. The maximum Gasteiger partial charge on any atom is 0.434 e. The van der Waals surface area contributed by atoms with E-state index in [-0.39, 0.29) is 11.7 Å². The second-order valence-electron chi connectivity index (χ2n) is 1.47. The molecule has 1 N–H and O–H groups in total. The number of carbonyl (C=O) groups excluding carboxylic acids is 1. The molecule has 1 aromatic rings. The number of aromatic nitrogens is 2. The Morgan fingerprint density at radius 3 is 2.67 bits per heavy atom. The molecule has 0 radical (unpaired) electrons. The maximum absolute atomic E-state index is 10.3. The van der Waals surface area contributed by atoms with Gasteiger partial charge in [-0.05, 0) is 0 Å².